The van der Waals surface area contributed by atoms with Crippen molar-refractivity contribution in [3.63, 3.8) is 0 Å². The number of nitrogen functional groups attached to an aromatic ring is 1. The first-order chi connectivity index (χ1) is 9.65. The van der Waals surface area contributed by atoms with E-state index in [9.17, 15) is 4.79 Å². The lowest BCUT2D eigenvalue weighted by atomic mass is 9.90. The lowest BCUT2D eigenvalue weighted by molar-refractivity contribution is 0.0947. The summed E-state index contributed by atoms with van der Waals surface area (Å²) < 4.78 is 0. The summed E-state index contributed by atoms with van der Waals surface area (Å²) >= 11 is 0. The zero-order valence-corrected chi connectivity index (χ0v) is 11.6. The van der Waals surface area contributed by atoms with Crippen LogP contribution >= 0.6 is 0 Å². The number of benzene rings is 1. The van der Waals surface area contributed by atoms with Crippen molar-refractivity contribution in [3.8, 4) is 0 Å². The average molecular weight is 274 g/mol. The van der Waals surface area contributed by atoms with E-state index >= 15 is 0 Å². The minimum atomic E-state index is -0.0651. The molecule has 1 aromatic carbocycles. The number of amides is 1. The van der Waals surface area contributed by atoms with Gasteiger partial charge in [0.2, 0.25) is 0 Å². The normalized spacial score (nSPS) is 25.8. The third-order valence-corrected chi connectivity index (χ3v) is 4.33. The van der Waals surface area contributed by atoms with Gasteiger partial charge in [-0.25, -0.2) is 0 Å². The monoisotopic (exact) mass is 274 g/mol. The first kappa shape index (κ1) is 13.2. The van der Waals surface area contributed by atoms with Crippen molar-refractivity contribution in [1.29, 1.82) is 0 Å². The molecule has 0 bridgehead atoms. The van der Waals surface area contributed by atoms with Gasteiger partial charge in [-0.05, 0) is 37.0 Å². The van der Waals surface area contributed by atoms with Crippen molar-refractivity contribution in [2.45, 2.75) is 44.2 Å². The summed E-state index contributed by atoms with van der Waals surface area (Å²) in [4.78, 5) is 11.8. The molecule has 6 N–H and O–H groups in total. The fourth-order valence-electron chi connectivity index (χ4n) is 3.24. The van der Waals surface area contributed by atoms with Gasteiger partial charge >= 0.3 is 0 Å². The van der Waals surface area contributed by atoms with Crippen LogP contribution in [-0.2, 0) is 6.42 Å². The van der Waals surface area contributed by atoms with Crippen molar-refractivity contribution in [3.05, 3.63) is 23.3 Å². The Bertz CT molecular complexity index is 529. The van der Waals surface area contributed by atoms with Crippen molar-refractivity contribution >= 4 is 17.3 Å². The summed E-state index contributed by atoms with van der Waals surface area (Å²) in [5.41, 5.74) is 15.4. The number of hydrogen-bond acceptors (Lipinski definition) is 4. The molecule has 5 nitrogen and oxygen atoms in total. The van der Waals surface area contributed by atoms with Gasteiger partial charge in [0, 0.05) is 30.0 Å². The van der Waals surface area contributed by atoms with Gasteiger partial charge in [-0.15, -0.1) is 0 Å². The maximum Gasteiger partial charge on any atom is 0.253 e. The molecule has 0 aromatic heterocycles. The van der Waals surface area contributed by atoms with Crippen molar-refractivity contribution < 1.29 is 4.79 Å². The number of carbonyl (C=O) groups is 1. The van der Waals surface area contributed by atoms with E-state index in [1.165, 1.54) is 12.8 Å². The summed E-state index contributed by atoms with van der Waals surface area (Å²) in [6, 6.07) is 4.40. The van der Waals surface area contributed by atoms with Gasteiger partial charge < -0.3 is 22.1 Å². The fourth-order valence-corrected chi connectivity index (χ4v) is 3.24. The minimum Gasteiger partial charge on any atom is -0.398 e. The number of nitrogens with two attached hydrogens (primary N) is 2. The summed E-state index contributed by atoms with van der Waals surface area (Å²) in [6.07, 6.45) is 5.43. The zero-order valence-electron chi connectivity index (χ0n) is 11.6. The second-order valence-corrected chi connectivity index (χ2v) is 5.80. The molecule has 2 atom stereocenters. The lowest BCUT2D eigenvalue weighted by Crippen LogP contribution is -2.42. The predicted octanol–water partition coefficient (Wildman–Crippen LogP) is 1.24. The van der Waals surface area contributed by atoms with E-state index in [4.69, 9.17) is 11.5 Å². The third kappa shape index (κ3) is 2.45. The number of carbonyl (C=O) groups excluding carboxylic acids is 1. The Morgan fingerprint density at radius 1 is 1.25 bits per heavy atom. The van der Waals surface area contributed by atoms with Gasteiger partial charge in [0.25, 0.3) is 5.91 Å². The molecule has 1 fully saturated rings. The summed E-state index contributed by atoms with van der Waals surface area (Å²) in [5.74, 6) is -0.0651. The Morgan fingerprint density at radius 3 is 2.85 bits per heavy atom. The standard InChI is InChI=1S/C15H22N4O/c16-11-3-1-2-4-13(11)19-10-7-9-5-6-18-15(20)14(9)12(17)8-10/h7-8,11,13,19H,1-6,16-17H2,(H,18,20). The summed E-state index contributed by atoms with van der Waals surface area (Å²) in [5, 5.41) is 6.33. The second-order valence-electron chi connectivity index (χ2n) is 5.80. The highest BCUT2D eigenvalue weighted by atomic mass is 16.1. The molecule has 1 saturated carbocycles. The number of nitrogens with one attached hydrogen (secondary N) is 2. The largest absolute Gasteiger partial charge is 0.398 e. The molecule has 1 heterocycles. The molecule has 0 spiro atoms. The highest BCUT2D eigenvalue weighted by Crippen LogP contribution is 2.28. The molecule has 1 amide bonds. The van der Waals surface area contributed by atoms with E-state index < -0.39 is 0 Å². The maximum absolute atomic E-state index is 11.8. The van der Waals surface area contributed by atoms with E-state index in [0.717, 1.165) is 30.5 Å². The number of anilines is 2. The van der Waals surface area contributed by atoms with E-state index in [1.54, 1.807) is 0 Å². The minimum absolute atomic E-state index is 0.0651. The fraction of sp³-hybridized carbons (Fsp3) is 0.533. The average Bonchev–Trinajstić information content (AvgIpc) is 2.41. The van der Waals surface area contributed by atoms with Gasteiger partial charge in [0.1, 0.15) is 0 Å². The van der Waals surface area contributed by atoms with E-state index in [1.807, 2.05) is 12.1 Å². The van der Waals surface area contributed by atoms with E-state index in [0.29, 0.717) is 23.8 Å². The SMILES string of the molecule is Nc1cc(NC2CCCCC2N)cc2c1C(=O)NCC2. The molecule has 3 rings (SSSR count). The molecular formula is C15H22N4O. The van der Waals surface area contributed by atoms with Gasteiger partial charge in [-0.3, -0.25) is 4.79 Å². The number of rotatable bonds is 2. The maximum atomic E-state index is 11.8. The number of fused-ring (bicyclic) bond motifs is 1. The van der Waals surface area contributed by atoms with Crippen molar-refractivity contribution in [2.24, 2.45) is 5.73 Å². The Hall–Kier alpha value is -1.75. The van der Waals surface area contributed by atoms with Crippen LogP contribution in [0.2, 0.25) is 0 Å². The highest BCUT2D eigenvalue weighted by Gasteiger charge is 2.24. The molecule has 2 aliphatic rings. The Kier molecular flexibility index (Phi) is 3.53. The van der Waals surface area contributed by atoms with Crippen LogP contribution in [-0.4, -0.2) is 24.5 Å². The zero-order chi connectivity index (χ0) is 14.1. The molecule has 0 saturated heterocycles. The third-order valence-electron chi connectivity index (χ3n) is 4.33. The molecule has 5 heteroatoms. The van der Waals surface area contributed by atoms with E-state index in [2.05, 4.69) is 10.6 Å². The van der Waals surface area contributed by atoms with Crippen LogP contribution < -0.4 is 22.1 Å². The Morgan fingerprint density at radius 2 is 2.05 bits per heavy atom. The topological polar surface area (TPSA) is 93.2 Å². The summed E-state index contributed by atoms with van der Waals surface area (Å²) in [7, 11) is 0. The van der Waals surface area contributed by atoms with Gasteiger partial charge in [-0.1, -0.05) is 12.8 Å². The molecule has 2 unspecified atom stereocenters. The first-order valence-electron chi connectivity index (χ1n) is 7.38. The Labute approximate surface area is 119 Å². The quantitative estimate of drug-likeness (QED) is 0.610. The van der Waals surface area contributed by atoms with Crippen LogP contribution in [0.5, 0.6) is 0 Å². The number of hydrogen-bond donors (Lipinski definition) is 4. The molecule has 1 aromatic rings. The van der Waals surface area contributed by atoms with Crippen LogP contribution in [0, 0.1) is 0 Å². The van der Waals surface area contributed by atoms with Crippen LogP contribution in [0.15, 0.2) is 12.1 Å². The first-order valence-corrected chi connectivity index (χ1v) is 7.38. The molecule has 20 heavy (non-hydrogen) atoms. The summed E-state index contributed by atoms with van der Waals surface area (Å²) in [6.45, 7) is 0.678. The molecule has 1 aliphatic heterocycles. The van der Waals surface area contributed by atoms with E-state index in [-0.39, 0.29) is 11.9 Å². The molecular weight excluding hydrogens is 252 g/mol. The van der Waals surface area contributed by atoms with Crippen molar-refractivity contribution in [1.82, 2.24) is 5.32 Å². The van der Waals surface area contributed by atoms with Crippen LogP contribution in [0.3, 0.4) is 0 Å². The smallest absolute Gasteiger partial charge is 0.253 e. The second kappa shape index (κ2) is 5.32. The lowest BCUT2D eigenvalue weighted by Gasteiger charge is -2.31. The van der Waals surface area contributed by atoms with Crippen molar-refractivity contribution in [2.75, 3.05) is 17.6 Å². The Balaban J connectivity index is 1.84. The van der Waals surface area contributed by atoms with Gasteiger partial charge in [0.05, 0.1) is 5.56 Å². The van der Waals surface area contributed by atoms with Crippen LogP contribution in [0.1, 0.15) is 41.6 Å². The molecule has 0 radical (unpaired) electrons. The van der Waals surface area contributed by atoms with Gasteiger partial charge in [0.15, 0.2) is 0 Å². The molecule has 108 valence electrons. The van der Waals surface area contributed by atoms with Gasteiger partial charge in [-0.2, -0.15) is 0 Å². The predicted molar refractivity (Wildman–Crippen MR) is 80.7 cm³/mol. The molecule has 1 aliphatic carbocycles. The van der Waals surface area contributed by atoms with Crippen LogP contribution in [0.4, 0.5) is 11.4 Å². The van der Waals surface area contributed by atoms with Crippen LogP contribution in [0.25, 0.3) is 0 Å². The highest BCUT2D eigenvalue weighted by molar-refractivity contribution is 6.02.